The number of pyridine rings is 1. The van der Waals surface area contributed by atoms with E-state index in [1.54, 1.807) is 0 Å². The predicted octanol–water partition coefficient (Wildman–Crippen LogP) is 3.03. The molecule has 2 aromatic heterocycles. The average molecular weight is 306 g/mol. The highest BCUT2D eigenvalue weighted by Crippen LogP contribution is 2.25. The molecule has 0 unspecified atom stereocenters. The monoisotopic (exact) mass is 306 g/mol. The van der Waals surface area contributed by atoms with E-state index in [0.29, 0.717) is 0 Å². The van der Waals surface area contributed by atoms with Gasteiger partial charge in [-0.2, -0.15) is 0 Å². The summed E-state index contributed by atoms with van der Waals surface area (Å²) >= 11 is 0. The van der Waals surface area contributed by atoms with Gasteiger partial charge >= 0.3 is 0 Å². The van der Waals surface area contributed by atoms with E-state index < -0.39 is 0 Å². The van der Waals surface area contributed by atoms with Gasteiger partial charge in [0.2, 0.25) is 0 Å². The van der Waals surface area contributed by atoms with Gasteiger partial charge < -0.3 is 4.57 Å². The molecule has 0 amide bonds. The van der Waals surface area contributed by atoms with E-state index in [9.17, 15) is 0 Å². The summed E-state index contributed by atoms with van der Waals surface area (Å²) in [5, 5.41) is 1.30. The van der Waals surface area contributed by atoms with Crippen LogP contribution in [0.3, 0.4) is 0 Å². The van der Waals surface area contributed by atoms with Gasteiger partial charge in [-0.15, -0.1) is 0 Å². The fraction of sp³-hybridized carbons (Fsp3) is 0.368. The van der Waals surface area contributed by atoms with Crippen LogP contribution < -0.4 is 0 Å². The Morgan fingerprint density at radius 1 is 1.17 bits per heavy atom. The summed E-state index contributed by atoms with van der Waals surface area (Å²) in [5.74, 6) is 0.726. The predicted molar refractivity (Wildman–Crippen MR) is 92.0 cm³/mol. The van der Waals surface area contributed by atoms with Crippen LogP contribution in [0.5, 0.6) is 0 Å². The van der Waals surface area contributed by atoms with Crippen molar-refractivity contribution in [2.45, 2.75) is 19.4 Å². The highest BCUT2D eigenvalue weighted by molar-refractivity contribution is 5.81. The van der Waals surface area contributed by atoms with Gasteiger partial charge in [-0.05, 0) is 43.0 Å². The van der Waals surface area contributed by atoms with Crippen molar-refractivity contribution in [1.82, 2.24) is 19.4 Å². The van der Waals surface area contributed by atoms with Gasteiger partial charge in [0.25, 0.3) is 0 Å². The number of aromatic nitrogens is 3. The molecule has 3 aromatic rings. The van der Waals surface area contributed by atoms with Gasteiger partial charge in [0.1, 0.15) is 0 Å². The molecule has 1 aliphatic heterocycles. The van der Waals surface area contributed by atoms with Crippen LogP contribution in [0.4, 0.5) is 0 Å². The van der Waals surface area contributed by atoms with Crippen molar-refractivity contribution in [3.05, 3.63) is 60.3 Å². The molecule has 3 heterocycles. The van der Waals surface area contributed by atoms with Gasteiger partial charge in [-0.3, -0.25) is 9.88 Å². The van der Waals surface area contributed by atoms with Crippen LogP contribution in [0.2, 0.25) is 0 Å². The average Bonchev–Trinajstić information content (AvgIpc) is 3.17. The van der Waals surface area contributed by atoms with Crippen LogP contribution >= 0.6 is 0 Å². The van der Waals surface area contributed by atoms with Crippen molar-refractivity contribution in [1.29, 1.82) is 0 Å². The Kier molecular flexibility index (Phi) is 3.83. The molecule has 1 aromatic carbocycles. The van der Waals surface area contributed by atoms with E-state index in [2.05, 4.69) is 51.4 Å². The zero-order chi connectivity index (χ0) is 15.6. The largest absolute Gasteiger partial charge is 0.340 e. The number of rotatable bonds is 4. The van der Waals surface area contributed by atoms with Crippen molar-refractivity contribution in [3.8, 4) is 0 Å². The molecule has 0 spiro atoms. The molecule has 1 atom stereocenters. The van der Waals surface area contributed by atoms with Crippen LogP contribution in [-0.2, 0) is 20.0 Å². The van der Waals surface area contributed by atoms with E-state index in [4.69, 9.17) is 0 Å². The Labute approximate surface area is 136 Å². The van der Waals surface area contributed by atoms with Crippen LogP contribution in [0, 0.1) is 5.92 Å². The van der Waals surface area contributed by atoms with Gasteiger partial charge in [0.05, 0.1) is 17.5 Å². The smallest absolute Gasteiger partial charge is 0.0947 e. The lowest BCUT2D eigenvalue weighted by molar-refractivity contribution is 0.313. The molecule has 0 bridgehead atoms. The molecule has 1 fully saturated rings. The molecular weight excluding hydrogens is 284 g/mol. The van der Waals surface area contributed by atoms with Gasteiger partial charge in [0, 0.05) is 37.9 Å². The van der Waals surface area contributed by atoms with Crippen LogP contribution in [0.1, 0.15) is 17.7 Å². The Bertz CT molecular complexity index is 802. The Morgan fingerprint density at radius 3 is 2.96 bits per heavy atom. The number of aryl methyl sites for hydroxylation is 1. The first kappa shape index (κ1) is 14.4. The Morgan fingerprint density at radius 2 is 2.09 bits per heavy atom. The molecule has 0 aliphatic carbocycles. The third kappa shape index (κ3) is 3.13. The van der Waals surface area contributed by atoms with Crippen molar-refractivity contribution in [3.63, 3.8) is 0 Å². The Hall–Kier alpha value is -2.20. The number of fused-ring (bicyclic) bond motifs is 1. The lowest BCUT2D eigenvalue weighted by Gasteiger charge is -2.15. The first-order valence-electron chi connectivity index (χ1n) is 8.30. The molecule has 1 aliphatic rings. The number of para-hydroxylation sites is 1. The first-order chi connectivity index (χ1) is 11.3. The Balaban J connectivity index is 1.43. The quantitative estimate of drug-likeness (QED) is 0.743. The summed E-state index contributed by atoms with van der Waals surface area (Å²) in [6, 6.07) is 10.6. The summed E-state index contributed by atoms with van der Waals surface area (Å²) in [6.45, 7) is 3.30. The fourth-order valence-electron chi connectivity index (χ4n) is 3.64. The second-order valence-electron chi connectivity index (χ2n) is 6.61. The maximum Gasteiger partial charge on any atom is 0.0947 e. The lowest BCUT2D eigenvalue weighted by atomic mass is 9.96. The van der Waals surface area contributed by atoms with E-state index in [1.165, 1.54) is 29.6 Å². The van der Waals surface area contributed by atoms with E-state index in [1.807, 2.05) is 24.1 Å². The van der Waals surface area contributed by atoms with Crippen molar-refractivity contribution in [2.75, 3.05) is 13.1 Å². The second kappa shape index (κ2) is 6.13. The summed E-state index contributed by atoms with van der Waals surface area (Å²) < 4.78 is 2.02. The number of imidazole rings is 1. The zero-order valence-corrected chi connectivity index (χ0v) is 13.5. The normalized spacial score (nSPS) is 18.7. The molecule has 0 N–H and O–H groups in total. The molecule has 4 nitrogen and oxygen atoms in total. The van der Waals surface area contributed by atoms with Crippen LogP contribution in [0.15, 0.2) is 49.1 Å². The topological polar surface area (TPSA) is 34.0 Å². The first-order valence-corrected chi connectivity index (χ1v) is 8.30. The fourth-order valence-corrected chi connectivity index (χ4v) is 3.64. The van der Waals surface area contributed by atoms with Gasteiger partial charge in [-0.1, -0.05) is 18.2 Å². The molecule has 118 valence electrons. The summed E-state index contributed by atoms with van der Waals surface area (Å²) in [7, 11) is 2.03. The number of nitrogens with zero attached hydrogens (tertiary/aromatic N) is 4. The summed E-state index contributed by atoms with van der Waals surface area (Å²) in [5.41, 5.74) is 3.70. The van der Waals surface area contributed by atoms with Crippen molar-refractivity contribution >= 4 is 10.9 Å². The maximum absolute atomic E-state index is 4.47. The minimum Gasteiger partial charge on any atom is -0.340 e. The van der Waals surface area contributed by atoms with E-state index >= 15 is 0 Å². The number of hydrogen-bond acceptors (Lipinski definition) is 3. The molecule has 0 radical (unpaired) electrons. The summed E-state index contributed by atoms with van der Waals surface area (Å²) in [4.78, 5) is 11.4. The van der Waals surface area contributed by atoms with Crippen molar-refractivity contribution < 1.29 is 0 Å². The van der Waals surface area contributed by atoms with Crippen molar-refractivity contribution in [2.24, 2.45) is 13.0 Å². The summed E-state index contributed by atoms with van der Waals surface area (Å²) in [6.07, 6.45) is 8.35. The molecule has 0 saturated carbocycles. The third-order valence-corrected chi connectivity index (χ3v) is 4.76. The van der Waals surface area contributed by atoms with Gasteiger partial charge in [0.15, 0.2) is 0 Å². The van der Waals surface area contributed by atoms with Crippen LogP contribution in [0.25, 0.3) is 10.9 Å². The molecule has 23 heavy (non-hydrogen) atoms. The molecule has 1 saturated heterocycles. The molecule has 4 heteroatoms. The SMILES string of the molecule is Cn1cnc(CN2CC[C@@H](Cc3ccnc4ccccc34)C2)c1. The van der Waals surface area contributed by atoms with Gasteiger partial charge in [-0.25, -0.2) is 4.98 Å². The number of likely N-dealkylation sites (tertiary alicyclic amines) is 1. The second-order valence-corrected chi connectivity index (χ2v) is 6.61. The minimum absolute atomic E-state index is 0.726. The number of benzene rings is 1. The molecular formula is C19H22N4. The molecule has 4 rings (SSSR count). The van der Waals surface area contributed by atoms with Crippen LogP contribution in [-0.4, -0.2) is 32.5 Å². The lowest BCUT2D eigenvalue weighted by Crippen LogP contribution is -2.20. The highest BCUT2D eigenvalue weighted by atomic mass is 15.2. The number of hydrogen-bond donors (Lipinski definition) is 0. The standard InChI is InChI=1S/C19H22N4/c1-22-12-17(21-14-22)13-23-9-7-15(11-23)10-16-6-8-20-19-5-3-2-4-18(16)19/h2-6,8,12,14-15H,7,9-11,13H2,1H3/t15-/m0/s1. The minimum atomic E-state index is 0.726. The third-order valence-electron chi connectivity index (χ3n) is 4.76. The van der Waals surface area contributed by atoms with E-state index in [0.717, 1.165) is 30.9 Å². The van der Waals surface area contributed by atoms with E-state index in [-0.39, 0.29) is 0 Å². The highest BCUT2D eigenvalue weighted by Gasteiger charge is 2.23. The maximum atomic E-state index is 4.47. The zero-order valence-electron chi connectivity index (χ0n) is 13.5.